The summed E-state index contributed by atoms with van der Waals surface area (Å²) in [7, 11) is 3.88. The second kappa shape index (κ2) is 7.07. The predicted octanol–water partition coefficient (Wildman–Crippen LogP) is 1.91. The molecule has 0 fully saturated rings. The Hall–Kier alpha value is -2.09. The van der Waals surface area contributed by atoms with Crippen LogP contribution in [0.1, 0.15) is 5.56 Å². The number of hydrogen-bond donors (Lipinski definition) is 1. The Kier molecular flexibility index (Phi) is 5.71. The van der Waals surface area contributed by atoms with Crippen LogP contribution >= 0.6 is 0 Å². The maximum atomic E-state index is 14.1. The van der Waals surface area contributed by atoms with E-state index in [2.05, 4.69) is 4.74 Å². The number of rotatable bonds is 8. The largest absolute Gasteiger partial charge is 0.493 e. The second-order valence-electron chi connectivity index (χ2n) is 3.97. The molecule has 0 aromatic heterocycles. The third-order valence-corrected chi connectivity index (χ3v) is 2.61. The molecule has 0 unspecified atom stereocenters. The minimum Gasteiger partial charge on any atom is -0.493 e. The molecule has 0 heterocycles. The number of hydrogen-bond acceptors (Lipinski definition) is 5. The summed E-state index contributed by atoms with van der Waals surface area (Å²) in [6, 6.07) is 2.42. The molecule has 0 aliphatic rings. The normalized spacial score (nSPS) is 11.1. The topological polar surface area (TPSA) is 74.2 Å². The molecule has 0 aliphatic carbocycles. The van der Waals surface area contributed by atoms with E-state index in [9.17, 15) is 13.6 Å². The monoisotopic (exact) mass is 306 g/mol. The number of ether oxygens (including phenoxy) is 4. The van der Waals surface area contributed by atoms with Crippen molar-refractivity contribution in [2.75, 3.05) is 34.5 Å². The second-order valence-corrected chi connectivity index (χ2v) is 3.97. The molecule has 0 aliphatic heterocycles. The van der Waals surface area contributed by atoms with Gasteiger partial charge in [-0.25, -0.2) is 4.79 Å². The first-order valence-electron chi connectivity index (χ1n) is 5.84. The fraction of sp³-hybridized carbons (Fsp3) is 0.462. The first-order valence-corrected chi connectivity index (χ1v) is 5.84. The molecule has 0 spiro atoms. The summed E-state index contributed by atoms with van der Waals surface area (Å²) in [5, 5.41) is 8.40. The van der Waals surface area contributed by atoms with Crippen molar-refractivity contribution in [3.05, 3.63) is 17.7 Å². The molecule has 0 atom stereocenters. The first kappa shape index (κ1) is 17.0. The van der Waals surface area contributed by atoms with Crippen LogP contribution in [0, 0.1) is 0 Å². The molecule has 8 heteroatoms. The van der Waals surface area contributed by atoms with Crippen LogP contribution in [0.5, 0.6) is 17.2 Å². The van der Waals surface area contributed by atoms with E-state index in [1.54, 1.807) is 0 Å². The van der Waals surface area contributed by atoms with Gasteiger partial charge in [-0.05, 0) is 12.1 Å². The highest BCUT2D eigenvalue weighted by Crippen LogP contribution is 2.45. The minimum atomic E-state index is -3.44. The number of aliphatic carboxylic acids is 1. The van der Waals surface area contributed by atoms with E-state index < -0.39 is 30.7 Å². The Balaban J connectivity index is 3.13. The number of carboxylic acids is 1. The molecule has 6 nitrogen and oxygen atoms in total. The van der Waals surface area contributed by atoms with Gasteiger partial charge in [-0.15, -0.1) is 0 Å². The van der Waals surface area contributed by atoms with E-state index in [-0.39, 0.29) is 17.2 Å². The molecular weight excluding hydrogens is 290 g/mol. The molecule has 0 saturated carbocycles. The smallest absolute Gasteiger partial charge is 0.329 e. The van der Waals surface area contributed by atoms with Gasteiger partial charge in [0.1, 0.15) is 13.2 Å². The van der Waals surface area contributed by atoms with Crippen LogP contribution < -0.4 is 14.2 Å². The van der Waals surface area contributed by atoms with Crippen molar-refractivity contribution in [1.29, 1.82) is 0 Å². The molecular formula is C13H16F2O6. The molecule has 1 aromatic carbocycles. The Labute approximate surface area is 120 Å². The Morgan fingerprint density at radius 2 is 1.76 bits per heavy atom. The number of benzene rings is 1. The van der Waals surface area contributed by atoms with Gasteiger partial charge in [-0.3, -0.25) is 0 Å². The van der Waals surface area contributed by atoms with Gasteiger partial charge < -0.3 is 24.1 Å². The minimum absolute atomic E-state index is 0.0235. The Morgan fingerprint density at radius 1 is 1.14 bits per heavy atom. The number of carbonyl (C=O) groups is 1. The van der Waals surface area contributed by atoms with E-state index in [1.807, 2.05) is 0 Å². The van der Waals surface area contributed by atoms with Gasteiger partial charge in [-0.2, -0.15) is 8.78 Å². The average molecular weight is 306 g/mol. The summed E-state index contributed by atoms with van der Waals surface area (Å²) >= 11 is 0. The number of carboxylic acid groups (broad SMARTS) is 1. The summed E-state index contributed by atoms with van der Waals surface area (Å²) in [6.07, 6.45) is 0. The molecule has 0 radical (unpaired) electrons. The molecule has 0 bridgehead atoms. The van der Waals surface area contributed by atoms with E-state index in [1.165, 1.54) is 27.4 Å². The van der Waals surface area contributed by atoms with E-state index >= 15 is 0 Å². The molecule has 1 N–H and O–H groups in total. The molecule has 118 valence electrons. The van der Waals surface area contributed by atoms with Crippen molar-refractivity contribution in [3.63, 3.8) is 0 Å². The third-order valence-electron chi connectivity index (χ3n) is 2.61. The fourth-order valence-electron chi connectivity index (χ4n) is 1.73. The molecule has 0 saturated heterocycles. The summed E-state index contributed by atoms with van der Waals surface area (Å²) in [4.78, 5) is 10.3. The van der Waals surface area contributed by atoms with Crippen molar-refractivity contribution in [2.24, 2.45) is 0 Å². The highest BCUT2D eigenvalue weighted by Gasteiger charge is 2.37. The number of alkyl halides is 2. The van der Waals surface area contributed by atoms with Crippen molar-refractivity contribution >= 4 is 5.97 Å². The zero-order valence-electron chi connectivity index (χ0n) is 11.8. The molecule has 1 rings (SSSR count). The van der Waals surface area contributed by atoms with Gasteiger partial charge in [0.05, 0.1) is 26.9 Å². The zero-order valence-corrected chi connectivity index (χ0v) is 11.8. The zero-order chi connectivity index (χ0) is 16.0. The van der Waals surface area contributed by atoms with Crippen LogP contribution in [0.3, 0.4) is 0 Å². The van der Waals surface area contributed by atoms with Crippen molar-refractivity contribution < 1.29 is 37.6 Å². The Morgan fingerprint density at radius 3 is 2.24 bits per heavy atom. The van der Waals surface area contributed by atoms with E-state index in [0.717, 1.165) is 6.07 Å². The SMILES string of the molecule is COc1ccc(C(F)(F)COCC(=O)O)c(OC)c1OC. The van der Waals surface area contributed by atoms with Gasteiger partial charge in [0.15, 0.2) is 11.5 Å². The molecule has 1 aromatic rings. The lowest BCUT2D eigenvalue weighted by atomic mass is 10.1. The van der Waals surface area contributed by atoms with Crippen LogP contribution in [-0.4, -0.2) is 45.6 Å². The lowest BCUT2D eigenvalue weighted by Crippen LogP contribution is -2.24. The molecule has 21 heavy (non-hydrogen) atoms. The van der Waals surface area contributed by atoms with Gasteiger partial charge in [0.2, 0.25) is 5.75 Å². The quantitative estimate of drug-likeness (QED) is 0.791. The van der Waals surface area contributed by atoms with E-state index in [0.29, 0.717) is 0 Å². The maximum Gasteiger partial charge on any atom is 0.329 e. The predicted molar refractivity (Wildman–Crippen MR) is 68.4 cm³/mol. The van der Waals surface area contributed by atoms with Crippen molar-refractivity contribution in [3.8, 4) is 17.2 Å². The summed E-state index contributed by atoms with van der Waals surface area (Å²) in [6.45, 7) is -1.91. The Bertz CT molecular complexity index is 504. The van der Waals surface area contributed by atoms with Gasteiger partial charge >= 0.3 is 5.97 Å². The first-order chi connectivity index (χ1) is 9.87. The maximum absolute atomic E-state index is 14.1. The summed E-state index contributed by atoms with van der Waals surface area (Å²) < 4.78 is 47.7. The molecule has 0 amide bonds. The van der Waals surface area contributed by atoms with Gasteiger partial charge in [0.25, 0.3) is 5.92 Å². The van der Waals surface area contributed by atoms with Crippen LogP contribution in [0.2, 0.25) is 0 Å². The van der Waals surface area contributed by atoms with E-state index in [4.69, 9.17) is 19.3 Å². The third kappa shape index (κ3) is 3.94. The van der Waals surface area contributed by atoms with Gasteiger partial charge in [-0.1, -0.05) is 0 Å². The van der Waals surface area contributed by atoms with Crippen LogP contribution in [0.25, 0.3) is 0 Å². The fourth-order valence-corrected chi connectivity index (χ4v) is 1.73. The van der Waals surface area contributed by atoms with Crippen molar-refractivity contribution in [2.45, 2.75) is 5.92 Å². The van der Waals surface area contributed by atoms with Crippen LogP contribution in [0.15, 0.2) is 12.1 Å². The summed E-state index contributed by atoms with van der Waals surface area (Å²) in [5.74, 6) is -4.71. The average Bonchev–Trinajstić information content (AvgIpc) is 2.44. The highest BCUT2D eigenvalue weighted by atomic mass is 19.3. The van der Waals surface area contributed by atoms with Gasteiger partial charge in [0, 0.05) is 0 Å². The van der Waals surface area contributed by atoms with Crippen LogP contribution in [-0.2, 0) is 15.5 Å². The lowest BCUT2D eigenvalue weighted by molar-refractivity contribution is -0.147. The number of methoxy groups -OCH3 is 3. The number of halogens is 2. The lowest BCUT2D eigenvalue weighted by Gasteiger charge is -2.21. The van der Waals surface area contributed by atoms with Crippen molar-refractivity contribution in [1.82, 2.24) is 0 Å². The highest BCUT2D eigenvalue weighted by molar-refractivity contribution is 5.68. The summed E-state index contributed by atoms with van der Waals surface area (Å²) in [5.41, 5.74) is -0.479. The standard InChI is InChI=1S/C13H16F2O6/c1-18-9-5-4-8(11(19-2)12(9)20-3)13(14,15)7-21-6-10(16)17/h4-5H,6-7H2,1-3H3,(H,16,17). The van der Waals surface area contributed by atoms with Crippen LogP contribution in [0.4, 0.5) is 8.78 Å².